The Labute approximate surface area is 225 Å². The van der Waals surface area contributed by atoms with E-state index in [1.807, 2.05) is 42.5 Å². The molecule has 0 saturated heterocycles. The number of benzene rings is 2. The molecule has 39 heavy (non-hydrogen) atoms. The maximum absolute atomic E-state index is 10.7. The third-order valence-corrected chi connectivity index (χ3v) is 4.50. The highest BCUT2D eigenvalue weighted by Crippen LogP contribution is 2.18. The Balaban J connectivity index is 0. The molecule has 0 radical (unpaired) electrons. The Morgan fingerprint density at radius 1 is 0.769 bits per heavy atom. The predicted molar refractivity (Wildman–Crippen MR) is 141 cm³/mol. The minimum atomic E-state index is -1.18. The van der Waals surface area contributed by atoms with E-state index in [0.717, 1.165) is 11.8 Å². The van der Waals surface area contributed by atoms with Gasteiger partial charge in [0.05, 0.1) is 25.7 Å². The number of aliphatic carboxylic acids is 3. The molecule has 13 heteroatoms. The molecule has 0 saturated carbocycles. The van der Waals surface area contributed by atoms with E-state index in [4.69, 9.17) is 26.8 Å². The number of hydrogen-bond acceptors (Lipinski definition) is 10. The second-order valence-corrected chi connectivity index (χ2v) is 7.62. The largest absolute Gasteiger partial charge is 0.481 e. The number of carbonyl (C=O) groups excluding carboxylic acids is 3. The summed E-state index contributed by atoms with van der Waals surface area (Å²) in [4.78, 5) is 62.1. The van der Waals surface area contributed by atoms with Crippen LogP contribution in [-0.2, 0) is 28.7 Å². The van der Waals surface area contributed by atoms with Crippen LogP contribution in [0.5, 0.6) is 0 Å². The van der Waals surface area contributed by atoms with Gasteiger partial charge in [0.1, 0.15) is 12.3 Å². The molecule has 0 heterocycles. The number of nitrogens with two attached hydrogens (primary N) is 2. The summed E-state index contributed by atoms with van der Waals surface area (Å²) in [5.41, 5.74) is 13.3. The second kappa shape index (κ2) is 21.6. The molecule has 0 aliphatic heterocycles. The number of ether oxygens (including phenoxy) is 1. The summed E-state index contributed by atoms with van der Waals surface area (Å²) in [7, 11) is 0. The average molecular weight is 550 g/mol. The van der Waals surface area contributed by atoms with E-state index in [2.05, 4.69) is 16.9 Å². The van der Waals surface area contributed by atoms with Gasteiger partial charge in [-0.1, -0.05) is 54.6 Å². The lowest BCUT2D eigenvalue weighted by molar-refractivity contribution is -0.162. The van der Waals surface area contributed by atoms with Crippen LogP contribution in [0.3, 0.4) is 0 Å². The van der Waals surface area contributed by atoms with Crippen LogP contribution in [0.2, 0.25) is 0 Å². The maximum atomic E-state index is 10.7. The molecular weight excluding hydrogens is 514 g/mol. The van der Waals surface area contributed by atoms with Crippen molar-refractivity contribution in [3.8, 4) is 11.1 Å². The van der Waals surface area contributed by atoms with Crippen molar-refractivity contribution in [1.29, 1.82) is 0 Å². The van der Waals surface area contributed by atoms with Crippen LogP contribution < -0.4 is 17.6 Å². The first-order valence-corrected chi connectivity index (χ1v) is 11.5. The topological polar surface area (TPSA) is 259 Å². The van der Waals surface area contributed by atoms with E-state index >= 15 is 0 Å². The maximum Gasteiger partial charge on any atom is 0.320 e. The Bertz CT molecular complexity index is 1020. The van der Waals surface area contributed by atoms with Crippen molar-refractivity contribution in [1.82, 2.24) is 6.15 Å². The van der Waals surface area contributed by atoms with Gasteiger partial charge in [-0.15, -0.1) is 0 Å². The fraction of sp³-hybridized carbons (Fsp3) is 0.308. The number of aldehydes is 1. The summed E-state index contributed by atoms with van der Waals surface area (Å²) in [6, 6.07) is 16.9. The van der Waals surface area contributed by atoms with Crippen molar-refractivity contribution in [2.75, 3.05) is 6.54 Å². The first-order valence-electron chi connectivity index (χ1n) is 11.5. The van der Waals surface area contributed by atoms with Crippen molar-refractivity contribution < 1.29 is 48.8 Å². The predicted octanol–water partition coefficient (Wildman–Crippen LogP) is 2.25. The van der Waals surface area contributed by atoms with E-state index in [1.165, 1.54) is 5.56 Å². The number of esters is 2. The lowest BCUT2D eigenvalue weighted by Crippen LogP contribution is -2.30. The van der Waals surface area contributed by atoms with Crippen LogP contribution in [0, 0.1) is 0 Å². The summed E-state index contributed by atoms with van der Waals surface area (Å²) in [5.74, 6) is -5.24. The van der Waals surface area contributed by atoms with E-state index in [0.29, 0.717) is 24.9 Å². The molecule has 0 fully saturated rings. The minimum absolute atomic E-state index is 0. The van der Waals surface area contributed by atoms with Gasteiger partial charge in [-0.2, -0.15) is 0 Å². The normalized spacial score (nSPS) is 10.1. The second-order valence-electron chi connectivity index (χ2n) is 7.62. The number of hydrogen-bond donors (Lipinski definition) is 6. The van der Waals surface area contributed by atoms with Crippen molar-refractivity contribution in [2.24, 2.45) is 11.5 Å². The van der Waals surface area contributed by atoms with Gasteiger partial charge in [0, 0.05) is 5.56 Å². The summed E-state index contributed by atoms with van der Waals surface area (Å²) in [6.45, 7) is 0.501. The molecule has 2 aromatic carbocycles. The van der Waals surface area contributed by atoms with E-state index in [1.54, 1.807) is 0 Å². The molecule has 214 valence electrons. The summed E-state index contributed by atoms with van der Waals surface area (Å²) in [6.07, 6.45) is 0.326. The van der Waals surface area contributed by atoms with Crippen molar-refractivity contribution in [2.45, 2.75) is 44.6 Å². The highest BCUT2D eigenvalue weighted by molar-refractivity contribution is 5.88. The number of rotatable bonds is 12. The van der Waals surface area contributed by atoms with Gasteiger partial charge in [-0.3, -0.25) is 28.8 Å². The molecule has 10 N–H and O–H groups in total. The molecule has 0 aliphatic carbocycles. The summed E-state index contributed by atoms with van der Waals surface area (Å²) in [5, 5.41) is 24.6. The lowest BCUT2D eigenvalue weighted by Gasteiger charge is -2.02. The Kier molecular flexibility index (Phi) is 20.3. The van der Waals surface area contributed by atoms with Crippen LogP contribution in [0.15, 0.2) is 54.6 Å². The van der Waals surface area contributed by atoms with Crippen LogP contribution in [0.25, 0.3) is 11.1 Å². The van der Waals surface area contributed by atoms with Gasteiger partial charge in [0.2, 0.25) is 0 Å². The van der Waals surface area contributed by atoms with Gasteiger partial charge in [-0.25, -0.2) is 0 Å². The Morgan fingerprint density at radius 2 is 1.23 bits per heavy atom. The molecule has 0 aliphatic rings. The van der Waals surface area contributed by atoms with Crippen molar-refractivity contribution in [3.05, 3.63) is 60.2 Å². The van der Waals surface area contributed by atoms with Crippen molar-refractivity contribution in [3.63, 3.8) is 0 Å². The lowest BCUT2D eigenvalue weighted by atomic mass is 10.0. The van der Waals surface area contributed by atoms with Crippen LogP contribution >= 0.6 is 0 Å². The van der Waals surface area contributed by atoms with Gasteiger partial charge < -0.3 is 37.7 Å². The SMILES string of the molecule is N.NCCC[C@H](N)C(=O)O.O=C(O)CCC(=O)OC(=O)CCC(=O)O.O=Cc1ccc(-c2ccccc2)cc1. The molecular formula is C26H35N3O10. The van der Waals surface area contributed by atoms with Crippen molar-refractivity contribution >= 4 is 36.1 Å². The van der Waals surface area contributed by atoms with Gasteiger partial charge >= 0.3 is 29.8 Å². The third kappa shape index (κ3) is 19.3. The number of carboxylic acid groups (broad SMARTS) is 3. The minimum Gasteiger partial charge on any atom is -0.481 e. The zero-order valence-corrected chi connectivity index (χ0v) is 21.4. The fourth-order valence-electron chi connectivity index (χ4n) is 2.49. The Hall–Kier alpha value is -4.46. The zero-order chi connectivity index (χ0) is 28.9. The molecule has 0 aromatic heterocycles. The number of carboxylic acids is 3. The monoisotopic (exact) mass is 549 g/mol. The zero-order valence-electron chi connectivity index (χ0n) is 21.4. The van der Waals surface area contributed by atoms with Crippen LogP contribution in [-0.4, -0.2) is 64.0 Å². The smallest absolute Gasteiger partial charge is 0.320 e. The third-order valence-electron chi connectivity index (χ3n) is 4.50. The molecule has 2 aromatic rings. The molecule has 2 rings (SSSR count). The van der Waals surface area contributed by atoms with E-state index < -0.39 is 61.6 Å². The highest BCUT2D eigenvalue weighted by Gasteiger charge is 2.13. The molecule has 1 atom stereocenters. The van der Waals surface area contributed by atoms with E-state index in [-0.39, 0.29) is 6.15 Å². The fourth-order valence-corrected chi connectivity index (χ4v) is 2.49. The Morgan fingerprint density at radius 3 is 1.62 bits per heavy atom. The molecule has 0 unspecified atom stereocenters. The van der Waals surface area contributed by atoms with Gasteiger partial charge in [0.25, 0.3) is 0 Å². The summed E-state index contributed by atoms with van der Waals surface area (Å²) < 4.78 is 4.15. The molecule has 0 bridgehead atoms. The quantitative estimate of drug-likeness (QED) is 0.126. The van der Waals surface area contributed by atoms with Gasteiger partial charge in [-0.05, 0) is 30.5 Å². The first kappa shape index (κ1) is 36.7. The van der Waals surface area contributed by atoms with Gasteiger partial charge in [0.15, 0.2) is 0 Å². The summed E-state index contributed by atoms with van der Waals surface area (Å²) >= 11 is 0. The van der Waals surface area contributed by atoms with Crippen LogP contribution in [0.4, 0.5) is 0 Å². The first-order chi connectivity index (χ1) is 18.0. The van der Waals surface area contributed by atoms with E-state index in [9.17, 15) is 28.8 Å². The van der Waals surface area contributed by atoms with Crippen LogP contribution in [0.1, 0.15) is 48.9 Å². The molecule has 0 spiro atoms. The molecule has 0 amide bonds. The highest BCUT2D eigenvalue weighted by atomic mass is 16.6. The molecule has 13 nitrogen and oxygen atoms in total. The number of carbonyl (C=O) groups is 6. The standard InChI is InChI=1S/C13H10O.C8H10O7.C5H12N2O2.H3N/c14-10-11-6-8-13(9-7-11)12-4-2-1-3-5-12;9-5(10)1-3-7(13)15-8(14)4-2-6(11)12;6-3-1-2-4(7)5(8)9;/h1-10H;1-4H2,(H,9,10)(H,11,12);4H,1-3,6-7H2,(H,8,9);1H3/t;;4-;/m..0./s1. The average Bonchev–Trinajstić information content (AvgIpc) is 2.90.